The molecular formula is C22H27NO2. The van der Waals surface area contributed by atoms with Crippen molar-refractivity contribution in [3.05, 3.63) is 64.7 Å². The first-order valence-electron chi connectivity index (χ1n) is 9.12. The van der Waals surface area contributed by atoms with Gasteiger partial charge >= 0.3 is 0 Å². The van der Waals surface area contributed by atoms with E-state index in [4.69, 9.17) is 4.74 Å². The fourth-order valence-corrected chi connectivity index (χ4v) is 3.39. The first kappa shape index (κ1) is 17.5. The molecule has 1 amide bonds. The van der Waals surface area contributed by atoms with E-state index in [1.54, 1.807) is 4.90 Å². The van der Waals surface area contributed by atoms with Crippen molar-refractivity contribution in [2.45, 2.75) is 52.2 Å². The van der Waals surface area contributed by atoms with Gasteiger partial charge in [-0.3, -0.25) is 4.79 Å². The maximum atomic E-state index is 12.6. The summed E-state index contributed by atoms with van der Waals surface area (Å²) in [5, 5.41) is 0. The van der Waals surface area contributed by atoms with Crippen LogP contribution in [-0.2, 0) is 24.2 Å². The Morgan fingerprint density at radius 1 is 1.08 bits per heavy atom. The molecule has 0 fully saturated rings. The second-order valence-electron chi connectivity index (χ2n) is 7.08. The molecule has 1 unspecified atom stereocenters. The van der Waals surface area contributed by atoms with Gasteiger partial charge in [0, 0.05) is 13.6 Å². The average Bonchev–Trinajstić information content (AvgIpc) is 2.62. The Bertz CT molecular complexity index is 736. The molecule has 3 rings (SSSR count). The van der Waals surface area contributed by atoms with Crippen molar-refractivity contribution in [1.82, 2.24) is 4.90 Å². The second-order valence-corrected chi connectivity index (χ2v) is 7.08. The lowest BCUT2D eigenvalue weighted by Gasteiger charge is -2.23. The summed E-state index contributed by atoms with van der Waals surface area (Å²) in [6.45, 7) is 4.48. The fraction of sp³-hybridized carbons (Fsp3) is 0.409. The van der Waals surface area contributed by atoms with Crippen molar-refractivity contribution >= 4 is 5.91 Å². The molecule has 0 aromatic heterocycles. The molecule has 0 aliphatic heterocycles. The van der Waals surface area contributed by atoms with E-state index in [1.807, 2.05) is 20.0 Å². The van der Waals surface area contributed by atoms with E-state index in [1.165, 1.54) is 29.5 Å². The van der Waals surface area contributed by atoms with Crippen molar-refractivity contribution in [3.8, 4) is 5.75 Å². The number of fused-ring (bicyclic) bond motifs is 1. The summed E-state index contributed by atoms with van der Waals surface area (Å²) >= 11 is 0. The number of nitrogens with zero attached hydrogens (tertiary/aromatic N) is 1. The highest BCUT2D eigenvalue weighted by atomic mass is 16.5. The van der Waals surface area contributed by atoms with Gasteiger partial charge in [-0.1, -0.05) is 35.9 Å². The van der Waals surface area contributed by atoms with E-state index in [0.717, 1.165) is 24.2 Å². The van der Waals surface area contributed by atoms with Crippen LogP contribution in [0, 0.1) is 6.92 Å². The molecule has 1 aliphatic carbocycles. The Balaban J connectivity index is 1.60. The molecule has 1 atom stereocenters. The van der Waals surface area contributed by atoms with Gasteiger partial charge in [0.15, 0.2) is 6.10 Å². The molecule has 25 heavy (non-hydrogen) atoms. The van der Waals surface area contributed by atoms with E-state index in [9.17, 15) is 4.79 Å². The average molecular weight is 337 g/mol. The normalized spacial score (nSPS) is 14.5. The summed E-state index contributed by atoms with van der Waals surface area (Å²) in [5.41, 5.74) is 5.15. The zero-order valence-electron chi connectivity index (χ0n) is 15.4. The zero-order chi connectivity index (χ0) is 17.8. The first-order chi connectivity index (χ1) is 12.0. The van der Waals surface area contributed by atoms with Crippen LogP contribution >= 0.6 is 0 Å². The lowest BCUT2D eigenvalue weighted by Crippen LogP contribution is -2.37. The number of hydrogen-bond acceptors (Lipinski definition) is 2. The van der Waals surface area contributed by atoms with E-state index < -0.39 is 6.10 Å². The second kappa shape index (κ2) is 7.73. The van der Waals surface area contributed by atoms with Crippen LogP contribution in [-0.4, -0.2) is 24.0 Å². The molecule has 2 aromatic carbocycles. The zero-order valence-corrected chi connectivity index (χ0v) is 15.4. The minimum atomic E-state index is -0.489. The maximum Gasteiger partial charge on any atom is 0.263 e. The minimum Gasteiger partial charge on any atom is -0.481 e. The first-order valence-corrected chi connectivity index (χ1v) is 9.12. The van der Waals surface area contributed by atoms with Gasteiger partial charge in [-0.25, -0.2) is 0 Å². The third kappa shape index (κ3) is 4.41. The molecular weight excluding hydrogens is 310 g/mol. The van der Waals surface area contributed by atoms with Crippen LogP contribution in [0.15, 0.2) is 42.5 Å². The molecule has 3 nitrogen and oxygen atoms in total. The Morgan fingerprint density at radius 3 is 2.48 bits per heavy atom. The summed E-state index contributed by atoms with van der Waals surface area (Å²) in [6.07, 6.45) is 4.29. The van der Waals surface area contributed by atoms with Gasteiger partial charge < -0.3 is 9.64 Å². The number of likely N-dealkylation sites (N-methyl/N-ethyl adjacent to an activating group) is 1. The van der Waals surface area contributed by atoms with Crippen LogP contribution in [0.5, 0.6) is 5.75 Å². The van der Waals surface area contributed by atoms with Crippen molar-refractivity contribution in [2.75, 3.05) is 7.05 Å². The number of benzene rings is 2. The van der Waals surface area contributed by atoms with Crippen LogP contribution < -0.4 is 4.74 Å². The summed E-state index contributed by atoms with van der Waals surface area (Å²) < 4.78 is 5.93. The Morgan fingerprint density at radius 2 is 1.76 bits per heavy atom. The molecule has 0 spiro atoms. The third-order valence-corrected chi connectivity index (χ3v) is 4.90. The van der Waals surface area contributed by atoms with E-state index in [2.05, 4.69) is 43.3 Å². The largest absolute Gasteiger partial charge is 0.481 e. The van der Waals surface area contributed by atoms with Crippen LogP contribution in [0.3, 0.4) is 0 Å². The van der Waals surface area contributed by atoms with E-state index in [0.29, 0.717) is 6.54 Å². The monoisotopic (exact) mass is 337 g/mol. The van der Waals surface area contributed by atoms with E-state index in [-0.39, 0.29) is 5.91 Å². The third-order valence-electron chi connectivity index (χ3n) is 4.90. The van der Waals surface area contributed by atoms with Crippen molar-refractivity contribution in [3.63, 3.8) is 0 Å². The summed E-state index contributed by atoms with van der Waals surface area (Å²) in [6, 6.07) is 14.5. The Hall–Kier alpha value is -2.29. The van der Waals surface area contributed by atoms with Gasteiger partial charge in [0.05, 0.1) is 0 Å². The summed E-state index contributed by atoms with van der Waals surface area (Å²) in [4.78, 5) is 14.3. The number of amides is 1. The van der Waals surface area contributed by atoms with Crippen molar-refractivity contribution < 1.29 is 9.53 Å². The van der Waals surface area contributed by atoms with Gasteiger partial charge in [-0.05, 0) is 68.4 Å². The standard InChI is InChI=1S/C22H27NO2/c1-16-8-10-18(11-9-16)15-23(3)22(24)17(2)25-21-13-12-19-6-4-5-7-20(19)14-21/h8-14,17H,4-7,15H2,1-3H3. The van der Waals surface area contributed by atoms with Crippen LogP contribution in [0.1, 0.15) is 42.0 Å². The fourth-order valence-electron chi connectivity index (χ4n) is 3.39. The molecule has 0 saturated heterocycles. The van der Waals surface area contributed by atoms with Crippen molar-refractivity contribution in [2.24, 2.45) is 0 Å². The van der Waals surface area contributed by atoms with Crippen LogP contribution in [0.25, 0.3) is 0 Å². The molecule has 132 valence electrons. The number of hydrogen-bond donors (Lipinski definition) is 0. The highest BCUT2D eigenvalue weighted by molar-refractivity contribution is 5.80. The van der Waals surface area contributed by atoms with Gasteiger partial charge in [0.2, 0.25) is 0 Å². The molecule has 0 bridgehead atoms. The molecule has 3 heteroatoms. The van der Waals surface area contributed by atoms with Gasteiger partial charge in [0.1, 0.15) is 5.75 Å². The van der Waals surface area contributed by atoms with Gasteiger partial charge in [-0.15, -0.1) is 0 Å². The van der Waals surface area contributed by atoms with E-state index >= 15 is 0 Å². The minimum absolute atomic E-state index is 0.00158. The highest BCUT2D eigenvalue weighted by Crippen LogP contribution is 2.26. The SMILES string of the molecule is Cc1ccc(CN(C)C(=O)C(C)Oc2ccc3c(c2)CCCC3)cc1. The Labute approximate surface area is 150 Å². The van der Waals surface area contributed by atoms with Crippen LogP contribution in [0.4, 0.5) is 0 Å². The maximum absolute atomic E-state index is 12.6. The number of ether oxygens (including phenoxy) is 1. The molecule has 0 radical (unpaired) electrons. The van der Waals surface area contributed by atoms with Crippen LogP contribution in [0.2, 0.25) is 0 Å². The lowest BCUT2D eigenvalue weighted by atomic mass is 9.92. The predicted octanol–water partition coefficient (Wildman–Crippen LogP) is 4.30. The predicted molar refractivity (Wildman–Crippen MR) is 101 cm³/mol. The number of aryl methyl sites for hydroxylation is 3. The lowest BCUT2D eigenvalue weighted by molar-refractivity contribution is -0.137. The molecule has 2 aromatic rings. The van der Waals surface area contributed by atoms with Gasteiger partial charge in [-0.2, -0.15) is 0 Å². The molecule has 0 saturated carbocycles. The quantitative estimate of drug-likeness (QED) is 0.814. The highest BCUT2D eigenvalue weighted by Gasteiger charge is 2.20. The molecule has 1 aliphatic rings. The van der Waals surface area contributed by atoms with Gasteiger partial charge in [0.25, 0.3) is 5.91 Å². The topological polar surface area (TPSA) is 29.5 Å². The Kier molecular flexibility index (Phi) is 5.42. The summed E-state index contributed by atoms with van der Waals surface area (Å²) in [5.74, 6) is 0.795. The van der Waals surface area contributed by atoms with Crippen molar-refractivity contribution in [1.29, 1.82) is 0 Å². The number of carbonyl (C=O) groups excluding carboxylic acids is 1. The number of rotatable bonds is 5. The molecule has 0 N–H and O–H groups in total. The number of carbonyl (C=O) groups is 1. The molecule has 0 heterocycles. The summed E-state index contributed by atoms with van der Waals surface area (Å²) in [7, 11) is 1.83. The smallest absolute Gasteiger partial charge is 0.263 e.